The second-order valence-corrected chi connectivity index (χ2v) is 10.8. The maximum absolute atomic E-state index is 13.6. The van der Waals surface area contributed by atoms with E-state index in [4.69, 9.17) is 16.4 Å². The van der Waals surface area contributed by atoms with E-state index >= 15 is 0 Å². The van der Waals surface area contributed by atoms with Crippen LogP contribution in [-0.2, 0) is 9.63 Å². The molecule has 0 heterocycles. The van der Waals surface area contributed by atoms with Crippen LogP contribution in [0.25, 0.3) is 0 Å². The van der Waals surface area contributed by atoms with Crippen LogP contribution in [0.2, 0.25) is 5.02 Å². The van der Waals surface area contributed by atoms with Gasteiger partial charge in [0.05, 0.1) is 16.7 Å². The largest absolute Gasteiger partial charge is 0.366 e. The summed E-state index contributed by atoms with van der Waals surface area (Å²) in [5.41, 5.74) is 1.48. The van der Waals surface area contributed by atoms with Crippen LogP contribution in [0.4, 0.5) is 5.69 Å². The fraction of sp³-hybridized carbons (Fsp3) is 0.400. The van der Waals surface area contributed by atoms with Crippen molar-refractivity contribution in [1.29, 1.82) is 0 Å². The van der Waals surface area contributed by atoms with Gasteiger partial charge in [-0.2, -0.15) is 0 Å². The van der Waals surface area contributed by atoms with Gasteiger partial charge in [0.25, 0.3) is 0 Å². The fourth-order valence-electron chi connectivity index (χ4n) is 5.27. The molecule has 0 radical (unpaired) electrons. The zero-order valence-corrected chi connectivity index (χ0v) is 20.9. The highest BCUT2D eigenvalue weighted by atomic mass is 79.9. The SMILES string of the molecule is Cc1ccc(Cl)cc1NC(=O)C12CCC(C)(C(=NOC(=O)c3ccccc3Br)C1)C2(C)C. The zero-order valence-electron chi connectivity index (χ0n) is 18.6. The molecule has 2 aliphatic carbocycles. The Bertz CT molecular complexity index is 1150. The Labute approximate surface area is 201 Å². The summed E-state index contributed by atoms with van der Waals surface area (Å²) in [7, 11) is 0. The monoisotopic (exact) mass is 516 g/mol. The number of nitrogens with zero attached hydrogens (tertiary/aromatic N) is 1. The van der Waals surface area contributed by atoms with Crippen LogP contribution in [0, 0.1) is 23.2 Å². The van der Waals surface area contributed by atoms with Gasteiger partial charge in [0.2, 0.25) is 5.91 Å². The van der Waals surface area contributed by atoms with E-state index < -0.39 is 11.4 Å². The van der Waals surface area contributed by atoms with Gasteiger partial charge in [-0.25, -0.2) is 4.79 Å². The Kier molecular flexibility index (Phi) is 5.74. The molecule has 2 aromatic carbocycles. The second-order valence-electron chi connectivity index (χ2n) is 9.53. The summed E-state index contributed by atoms with van der Waals surface area (Å²) in [6, 6.07) is 12.5. The van der Waals surface area contributed by atoms with E-state index in [2.05, 4.69) is 47.2 Å². The van der Waals surface area contributed by atoms with Crippen LogP contribution in [0.5, 0.6) is 0 Å². The van der Waals surface area contributed by atoms with E-state index in [1.54, 1.807) is 30.3 Å². The molecule has 2 saturated carbocycles. The van der Waals surface area contributed by atoms with Gasteiger partial charge in [0.1, 0.15) is 0 Å². The topological polar surface area (TPSA) is 67.8 Å². The first-order chi connectivity index (χ1) is 15.0. The van der Waals surface area contributed by atoms with Crippen LogP contribution < -0.4 is 5.32 Å². The maximum atomic E-state index is 13.6. The second kappa shape index (κ2) is 7.99. The number of amides is 1. The smallest absolute Gasteiger partial charge is 0.325 e. The molecule has 1 amide bonds. The average Bonchev–Trinajstić information content (AvgIpc) is 3.05. The lowest BCUT2D eigenvalue weighted by atomic mass is 9.64. The molecule has 2 bridgehead atoms. The van der Waals surface area contributed by atoms with E-state index in [0.717, 1.165) is 24.1 Å². The van der Waals surface area contributed by atoms with Crippen LogP contribution in [-0.4, -0.2) is 17.6 Å². The van der Waals surface area contributed by atoms with Crippen LogP contribution >= 0.6 is 27.5 Å². The molecule has 0 saturated heterocycles. The summed E-state index contributed by atoms with van der Waals surface area (Å²) in [5, 5.41) is 7.99. The Morgan fingerprint density at radius 2 is 1.84 bits per heavy atom. The number of hydrogen-bond acceptors (Lipinski definition) is 4. The summed E-state index contributed by atoms with van der Waals surface area (Å²) in [4.78, 5) is 31.6. The summed E-state index contributed by atoms with van der Waals surface area (Å²) >= 11 is 9.52. The van der Waals surface area contributed by atoms with E-state index in [-0.39, 0.29) is 16.7 Å². The number of carbonyl (C=O) groups excluding carboxylic acids is 2. The highest BCUT2D eigenvalue weighted by molar-refractivity contribution is 9.10. The fourth-order valence-corrected chi connectivity index (χ4v) is 5.88. The summed E-state index contributed by atoms with van der Waals surface area (Å²) in [5.74, 6) is -0.568. The zero-order chi connectivity index (χ0) is 23.3. The van der Waals surface area contributed by atoms with Crippen molar-refractivity contribution in [3.05, 3.63) is 63.1 Å². The van der Waals surface area contributed by atoms with Gasteiger partial charge in [-0.3, -0.25) is 4.79 Å². The minimum Gasteiger partial charge on any atom is -0.325 e. The standard InChI is InChI=1S/C25H26BrClN2O3/c1-15-9-10-16(27)13-19(15)28-22(31)25-12-11-24(4,23(25,2)3)20(14-25)29-32-21(30)17-7-5-6-8-18(17)26/h5-10,13H,11-12,14H2,1-4H3,(H,28,31). The molecule has 0 spiro atoms. The Balaban J connectivity index is 1.62. The maximum Gasteiger partial charge on any atom is 0.366 e. The Morgan fingerprint density at radius 3 is 2.56 bits per heavy atom. The molecule has 1 N–H and O–H groups in total. The van der Waals surface area contributed by atoms with Gasteiger partial charge in [-0.15, -0.1) is 0 Å². The number of oxime groups is 1. The molecule has 2 aromatic rings. The lowest BCUT2D eigenvalue weighted by Gasteiger charge is -2.39. The van der Waals surface area contributed by atoms with Crippen LogP contribution in [0.15, 0.2) is 52.1 Å². The lowest BCUT2D eigenvalue weighted by Crippen LogP contribution is -2.43. The number of halogens is 2. The molecule has 7 heteroatoms. The summed E-state index contributed by atoms with van der Waals surface area (Å²) in [6.07, 6.45) is 2.00. The molecule has 2 aliphatic rings. The number of nitrogens with one attached hydrogen (secondary N) is 1. The van der Waals surface area contributed by atoms with Crippen molar-refractivity contribution in [3.63, 3.8) is 0 Å². The van der Waals surface area contributed by atoms with Gasteiger partial charge in [-0.05, 0) is 70.9 Å². The first-order valence-electron chi connectivity index (χ1n) is 10.6. The van der Waals surface area contributed by atoms with Crippen LogP contribution in [0.1, 0.15) is 56.0 Å². The van der Waals surface area contributed by atoms with E-state index in [0.29, 0.717) is 27.2 Å². The van der Waals surface area contributed by atoms with Crippen LogP contribution in [0.3, 0.4) is 0 Å². The summed E-state index contributed by atoms with van der Waals surface area (Å²) < 4.78 is 0.650. The van der Waals surface area contributed by atoms with Gasteiger partial charge < -0.3 is 10.2 Å². The van der Waals surface area contributed by atoms with Crippen molar-refractivity contribution in [2.75, 3.05) is 5.32 Å². The van der Waals surface area contributed by atoms with Crippen molar-refractivity contribution in [2.24, 2.45) is 21.4 Å². The molecule has 0 aromatic heterocycles. The Morgan fingerprint density at radius 1 is 1.12 bits per heavy atom. The number of benzene rings is 2. The van der Waals surface area contributed by atoms with Gasteiger partial charge in [0.15, 0.2) is 0 Å². The van der Waals surface area contributed by atoms with Gasteiger partial charge >= 0.3 is 5.97 Å². The summed E-state index contributed by atoms with van der Waals surface area (Å²) in [6.45, 7) is 8.28. The third kappa shape index (κ3) is 3.39. The average molecular weight is 518 g/mol. The lowest BCUT2D eigenvalue weighted by molar-refractivity contribution is -0.130. The normalized spacial score (nSPS) is 26.9. The molecule has 2 unspecified atom stereocenters. The van der Waals surface area contributed by atoms with E-state index in [1.807, 2.05) is 19.1 Å². The van der Waals surface area contributed by atoms with Gasteiger partial charge in [0, 0.05) is 27.0 Å². The molecule has 2 fully saturated rings. The number of anilines is 1. The van der Waals surface area contributed by atoms with Crippen molar-refractivity contribution in [1.82, 2.24) is 0 Å². The Hall–Kier alpha value is -2.18. The minimum absolute atomic E-state index is 0.0427. The van der Waals surface area contributed by atoms with E-state index in [1.165, 1.54) is 0 Å². The molecular weight excluding hydrogens is 492 g/mol. The van der Waals surface area contributed by atoms with Crippen molar-refractivity contribution < 1.29 is 14.4 Å². The molecule has 2 atom stereocenters. The predicted molar refractivity (Wildman–Crippen MR) is 130 cm³/mol. The number of rotatable bonds is 4. The quantitative estimate of drug-likeness (QED) is 0.359. The highest BCUT2D eigenvalue weighted by Crippen LogP contribution is 2.71. The first-order valence-corrected chi connectivity index (χ1v) is 11.8. The minimum atomic E-state index is -0.644. The third-order valence-electron chi connectivity index (χ3n) is 7.95. The third-order valence-corrected chi connectivity index (χ3v) is 8.88. The highest BCUT2D eigenvalue weighted by Gasteiger charge is 2.71. The van der Waals surface area contributed by atoms with E-state index in [9.17, 15) is 9.59 Å². The number of carbonyl (C=O) groups is 2. The molecule has 0 aliphatic heterocycles. The van der Waals surface area contributed by atoms with Crippen molar-refractivity contribution >= 4 is 50.8 Å². The van der Waals surface area contributed by atoms with Crippen molar-refractivity contribution in [2.45, 2.75) is 47.0 Å². The predicted octanol–water partition coefficient (Wildman–Crippen LogP) is 6.78. The molecule has 5 nitrogen and oxygen atoms in total. The molecular formula is C25H26BrClN2O3. The van der Waals surface area contributed by atoms with Gasteiger partial charge in [-0.1, -0.05) is 55.7 Å². The van der Waals surface area contributed by atoms with Crippen molar-refractivity contribution in [3.8, 4) is 0 Å². The molecule has 32 heavy (non-hydrogen) atoms. The first kappa shape index (κ1) is 23.0. The number of fused-ring (bicyclic) bond motifs is 2. The number of aryl methyl sites for hydroxylation is 1. The number of hydrogen-bond donors (Lipinski definition) is 1. The molecule has 4 rings (SSSR count). The molecule has 168 valence electrons.